The number of benzene rings is 4. The largest absolute Gasteiger partial charge is 0.485 e. The lowest BCUT2D eigenvalue weighted by Gasteiger charge is -2.25. The maximum atomic E-state index is 11.5. The van der Waals surface area contributed by atoms with Crippen molar-refractivity contribution in [1.29, 1.82) is 0 Å². The van der Waals surface area contributed by atoms with Crippen molar-refractivity contribution in [1.82, 2.24) is 19.1 Å². The maximum absolute atomic E-state index is 11.5. The summed E-state index contributed by atoms with van der Waals surface area (Å²) >= 11 is 0. The number of rotatable bonds is 8. The molecule has 0 saturated carbocycles. The second kappa shape index (κ2) is 16.4. The van der Waals surface area contributed by atoms with Gasteiger partial charge in [0.05, 0.1) is 29.0 Å². The maximum Gasteiger partial charge on any atom is 0.275 e. The molecule has 0 radical (unpaired) electrons. The molecule has 2 unspecified atom stereocenters. The lowest BCUT2D eigenvalue weighted by molar-refractivity contribution is -0.386. The summed E-state index contributed by atoms with van der Waals surface area (Å²) in [6.07, 6.45) is 12.6. The first kappa shape index (κ1) is 41.6. The Bertz CT molecular complexity index is 2520. The van der Waals surface area contributed by atoms with Crippen LogP contribution in [-0.4, -0.2) is 53.0 Å². The quantitative estimate of drug-likeness (QED) is 0.0649. The number of nitro groups is 2. The van der Waals surface area contributed by atoms with E-state index in [0.717, 1.165) is 57.0 Å². The summed E-state index contributed by atoms with van der Waals surface area (Å²) in [6.45, 7) is 15.0. The van der Waals surface area contributed by atoms with Crippen LogP contribution in [0.3, 0.4) is 0 Å². The topological polar surface area (TPSA) is 196 Å². The van der Waals surface area contributed by atoms with E-state index in [-0.39, 0.29) is 21.2 Å². The highest BCUT2D eigenvalue weighted by Crippen LogP contribution is 2.46. The number of nitrogens with zero attached hydrogens (tertiary/aromatic N) is 6. The summed E-state index contributed by atoms with van der Waals surface area (Å²) < 4.78 is 15.9. The summed E-state index contributed by atoms with van der Waals surface area (Å²) in [6, 6.07) is 15.7. The third kappa shape index (κ3) is 8.49. The zero-order valence-electron chi connectivity index (χ0n) is 34.4. The van der Waals surface area contributed by atoms with E-state index in [1.54, 1.807) is 59.7 Å². The number of carbonyl (C=O) groups excluding carboxylic acids is 1. The summed E-state index contributed by atoms with van der Waals surface area (Å²) in [5.41, 5.74) is 14.3. The van der Waals surface area contributed by atoms with Crippen LogP contribution in [0.1, 0.15) is 58.4 Å². The van der Waals surface area contributed by atoms with Crippen LogP contribution in [0.5, 0.6) is 11.5 Å². The highest BCUT2D eigenvalue weighted by molar-refractivity contribution is 5.71. The van der Waals surface area contributed by atoms with Crippen molar-refractivity contribution in [3.8, 4) is 22.9 Å². The Morgan fingerprint density at radius 1 is 0.712 bits per heavy atom. The van der Waals surface area contributed by atoms with Crippen LogP contribution in [0.2, 0.25) is 0 Å². The van der Waals surface area contributed by atoms with Crippen molar-refractivity contribution in [2.45, 2.75) is 79.4 Å². The van der Waals surface area contributed by atoms with Crippen molar-refractivity contribution < 1.29 is 24.1 Å². The Balaban J connectivity index is 0.000000165. The standard InChI is InChI=1S/C22H24N4O3.C13H15NO4.C9H9N3/c1-14-15(2)21-19(16(3)20(14)26(27)28)11-22(4,29-21)12-24-17-5-7-18(8-6-17)25-10-9-23-13-25;1-7-8(2)12-10(5-13(4,6-15)18-12)9(3)11(7)14(16)17;10-8-1-3-9(4-2-8)12-6-5-11-7-12/h5-10,13,24H,11-12H2,1-4H3;6H,5H2,1-4H3;1-7H,10H2. The van der Waals surface area contributed by atoms with Gasteiger partial charge in [-0.3, -0.25) is 25.0 Å². The first-order valence-corrected chi connectivity index (χ1v) is 19.0. The lowest BCUT2D eigenvalue weighted by Crippen LogP contribution is -2.38. The number of fused-ring (bicyclic) bond motifs is 2. The van der Waals surface area contributed by atoms with Crippen LogP contribution in [0.4, 0.5) is 22.7 Å². The van der Waals surface area contributed by atoms with E-state index in [9.17, 15) is 25.0 Å². The fraction of sp³-hybridized carbons (Fsp3) is 0.295. The van der Waals surface area contributed by atoms with Gasteiger partial charge in [-0.15, -0.1) is 0 Å². The molecule has 0 fully saturated rings. The van der Waals surface area contributed by atoms with Gasteiger partial charge in [0.15, 0.2) is 11.9 Å². The van der Waals surface area contributed by atoms with Crippen molar-refractivity contribution in [3.05, 3.63) is 151 Å². The predicted octanol–water partition coefficient (Wildman–Crippen LogP) is 8.38. The van der Waals surface area contributed by atoms with Gasteiger partial charge < -0.3 is 29.7 Å². The molecule has 0 amide bonds. The van der Waals surface area contributed by atoms with Crippen LogP contribution in [0, 0.1) is 61.8 Å². The van der Waals surface area contributed by atoms with Crippen LogP contribution in [0.15, 0.2) is 86.0 Å². The molecule has 3 N–H and O–H groups in total. The molecule has 2 aromatic heterocycles. The molecule has 15 nitrogen and oxygen atoms in total. The van der Waals surface area contributed by atoms with E-state index in [4.69, 9.17) is 15.2 Å². The van der Waals surface area contributed by atoms with Gasteiger partial charge in [0.2, 0.25) is 0 Å². The first-order valence-electron chi connectivity index (χ1n) is 19.0. The van der Waals surface area contributed by atoms with Gasteiger partial charge in [-0.25, -0.2) is 9.97 Å². The van der Waals surface area contributed by atoms with Gasteiger partial charge in [0, 0.05) is 105 Å². The van der Waals surface area contributed by atoms with E-state index >= 15 is 0 Å². The third-order valence-electron chi connectivity index (χ3n) is 11.1. The molecule has 0 saturated heterocycles. The van der Waals surface area contributed by atoms with Gasteiger partial charge >= 0.3 is 0 Å². The molecule has 4 heterocycles. The normalized spacial score (nSPS) is 17.2. The average molecular weight is 801 g/mol. The van der Waals surface area contributed by atoms with Crippen LogP contribution >= 0.6 is 0 Å². The van der Waals surface area contributed by atoms with Crippen molar-refractivity contribution in [2.75, 3.05) is 17.6 Å². The number of hydrogen-bond acceptors (Lipinski definition) is 11. The SMILES string of the molecule is Cc1c(C)c([N+](=O)[O-])c(C)c2c1OC(C)(C=O)C2.Cc1c(C)c([N+](=O)[O-])c(C)c2c1OC(C)(CNc1ccc(-n3ccnc3)cc1)C2.Nc1ccc(-n2ccnc2)cc1. The molecule has 4 aromatic carbocycles. The minimum Gasteiger partial charge on any atom is -0.485 e. The van der Waals surface area contributed by atoms with Gasteiger partial charge in [-0.05, 0) is 104 Å². The zero-order valence-corrected chi connectivity index (χ0v) is 34.4. The number of ether oxygens (including phenoxy) is 2. The molecule has 0 spiro atoms. The number of nitrogen functional groups attached to an aromatic ring is 1. The number of aromatic nitrogens is 4. The monoisotopic (exact) mass is 800 g/mol. The Morgan fingerprint density at radius 3 is 1.61 bits per heavy atom. The van der Waals surface area contributed by atoms with Gasteiger partial charge in [0.1, 0.15) is 17.1 Å². The molecule has 6 aromatic rings. The number of nitrogens with one attached hydrogen (secondary N) is 1. The zero-order chi connectivity index (χ0) is 42.8. The smallest absolute Gasteiger partial charge is 0.275 e. The number of nitro benzene ring substituents is 2. The van der Waals surface area contributed by atoms with E-state index in [1.165, 1.54) is 0 Å². The van der Waals surface area contributed by atoms with E-state index in [0.29, 0.717) is 47.4 Å². The summed E-state index contributed by atoms with van der Waals surface area (Å²) in [5.74, 6) is 1.43. The molecule has 0 bridgehead atoms. The van der Waals surface area contributed by atoms with Gasteiger partial charge in [0.25, 0.3) is 11.4 Å². The highest BCUT2D eigenvalue weighted by Gasteiger charge is 2.41. The summed E-state index contributed by atoms with van der Waals surface area (Å²) in [7, 11) is 0. The molecular formula is C44H48N8O7. The first-order chi connectivity index (χ1) is 28.0. The average Bonchev–Trinajstić information content (AvgIpc) is 4.04. The molecular weight excluding hydrogens is 753 g/mol. The number of imidazole rings is 2. The highest BCUT2D eigenvalue weighted by atomic mass is 16.6. The predicted molar refractivity (Wildman–Crippen MR) is 226 cm³/mol. The van der Waals surface area contributed by atoms with E-state index < -0.39 is 11.2 Å². The fourth-order valence-corrected chi connectivity index (χ4v) is 7.54. The van der Waals surface area contributed by atoms with Crippen molar-refractivity contribution >= 4 is 29.0 Å². The van der Waals surface area contributed by atoms with Crippen LogP contribution < -0.4 is 20.5 Å². The Kier molecular flexibility index (Phi) is 11.6. The summed E-state index contributed by atoms with van der Waals surface area (Å²) in [4.78, 5) is 41.1. The molecule has 59 heavy (non-hydrogen) atoms. The molecule has 0 aliphatic carbocycles. The molecule has 2 atom stereocenters. The summed E-state index contributed by atoms with van der Waals surface area (Å²) in [5, 5.41) is 26.1. The number of carbonyl (C=O) groups is 1. The Hall–Kier alpha value is -7.03. The molecule has 2 aliphatic rings. The Morgan fingerprint density at radius 2 is 1.17 bits per heavy atom. The second-order valence-corrected chi connectivity index (χ2v) is 15.4. The van der Waals surface area contributed by atoms with Crippen molar-refractivity contribution in [2.24, 2.45) is 0 Å². The minimum absolute atomic E-state index is 0.130. The van der Waals surface area contributed by atoms with Gasteiger partial charge in [-0.1, -0.05) is 0 Å². The molecule has 2 aliphatic heterocycles. The molecule has 306 valence electrons. The van der Waals surface area contributed by atoms with Gasteiger partial charge in [-0.2, -0.15) is 0 Å². The third-order valence-corrected chi connectivity index (χ3v) is 11.1. The number of aldehydes is 1. The lowest BCUT2D eigenvalue weighted by atomic mass is 9.92. The number of anilines is 2. The Labute approximate surface area is 342 Å². The van der Waals surface area contributed by atoms with E-state index in [1.807, 2.05) is 90.8 Å². The van der Waals surface area contributed by atoms with Crippen molar-refractivity contribution in [3.63, 3.8) is 0 Å². The van der Waals surface area contributed by atoms with E-state index in [2.05, 4.69) is 15.3 Å². The number of nitrogens with two attached hydrogens (primary N) is 1. The van der Waals surface area contributed by atoms with Crippen LogP contribution in [0.25, 0.3) is 11.4 Å². The van der Waals surface area contributed by atoms with Crippen LogP contribution in [-0.2, 0) is 17.6 Å². The fourth-order valence-electron chi connectivity index (χ4n) is 7.54. The minimum atomic E-state index is -0.903. The number of hydrogen-bond donors (Lipinski definition) is 2. The molecule has 15 heteroatoms. The second-order valence-electron chi connectivity index (χ2n) is 15.4. The molecule has 8 rings (SSSR count).